The molecule has 2 N–H and O–H groups in total. The van der Waals surface area contributed by atoms with Gasteiger partial charge in [-0.15, -0.1) is 0 Å². The van der Waals surface area contributed by atoms with Crippen molar-refractivity contribution in [3.8, 4) is 0 Å². The summed E-state index contributed by atoms with van der Waals surface area (Å²) in [5, 5.41) is 17.4. The molecule has 0 saturated carbocycles. The number of furan rings is 1. The Morgan fingerprint density at radius 2 is 2.24 bits per heavy atom. The van der Waals surface area contributed by atoms with Crippen molar-refractivity contribution in [3.63, 3.8) is 0 Å². The molecule has 0 aliphatic carbocycles. The molecule has 1 atom stereocenters. The van der Waals surface area contributed by atoms with Gasteiger partial charge in [-0.2, -0.15) is 5.10 Å². The minimum Gasteiger partial charge on any atom is -0.463 e. The van der Waals surface area contributed by atoms with Crippen molar-refractivity contribution in [2.24, 2.45) is 13.0 Å². The standard InChI is InChI=1S/C19H23N3O3/c1-3-13-4-5-18-16(7-13)17(12-25-18)19(24)20-8-15(11-23)6-14-9-21-22(2)10-14/h4-5,7,9-10,12,15,23H,3,6,8,11H2,1-2H3,(H,20,24). The van der Waals surface area contributed by atoms with E-state index in [2.05, 4.69) is 17.3 Å². The van der Waals surface area contributed by atoms with Crippen molar-refractivity contribution in [2.75, 3.05) is 13.2 Å². The Balaban J connectivity index is 1.67. The maximum Gasteiger partial charge on any atom is 0.255 e. The van der Waals surface area contributed by atoms with Gasteiger partial charge in [-0.25, -0.2) is 0 Å². The van der Waals surface area contributed by atoms with Gasteiger partial charge in [0.2, 0.25) is 0 Å². The van der Waals surface area contributed by atoms with Crippen LogP contribution in [0.25, 0.3) is 11.0 Å². The van der Waals surface area contributed by atoms with Crippen molar-refractivity contribution in [1.29, 1.82) is 0 Å². The molecule has 1 amide bonds. The van der Waals surface area contributed by atoms with Gasteiger partial charge in [0.05, 0.1) is 11.8 Å². The van der Waals surface area contributed by atoms with E-state index in [-0.39, 0.29) is 18.4 Å². The molecule has 0 aliphatic heterocycles. The van der Waals surface area contributed by atoms with E-state index >= 15 is 0 Å². The molecule has 0 radical (unpaired) electrons. The third-order valence-electron chi connectivity index (χ3n) is 4.38. The first kappa shape index (κ1) is 17.2. The highest BCUT2D eigenvalue weighted by molar-refractivity contribution is 6.06. The number of fused-ring (bicyclic) bond motifs is 1. The van der Waals surface area contributed by atoms with Crippen LogP contribution in [0.2, 0.25) is 0 Å². The average molecular weight is 341 g/mol. The van der Waals surface area contributed by atoms with E-state index < -0.39 is 0 Å². The molecule has 3 rings (SSSR count). The normalized spacial score (nSPS) is 12.4. The Bertz CT molecular complexity index is 866. The third kappa shape index (κ3) is 3.91. The predicted octanol–water partition coefficient (Wildman–Crippen LogP) is 2.31. The number of hydrogen-bond donors (Lipinski definition) is 2. The summed E-state index contributed by atoms with van der Waals surface area (Å²) in [6.45, 7) is 2.47. The second kappa shape index (κ2) is 7.53. The van der Waals surface area contributed by atoms with Gasteiger partial charge in [-0.3, -0.25) is 9.48 Å². The van der Waals surface area contributed by atoms with Crippen LogP contribution in [0.5, 0.6) is 0 Å². The number of carbonyl (C=O) groups excluding carboxylic acids is 1. The Hall–Kier alpha value is -2.60. The predicted molar refractivity (Wildman–Crippen MR) is 95.4 cm³/mol. The SMILES string of the molecule is CCc1ccc2occ(C(=O)NCC(CO)Cc3cnn(C)c3)c2c1. The molecule has 0 bridgehead atoms. The zero-order valence-electron chi connectivity index (χ0n) is 14.5. The summed E-state index contributed by atoms with van der Waals surface area (Å²) in [5.74, 6) is -0.242. The highest BCUT2D eigenvalue weighted by atomic mass is 16.3. The van der Waals surface area contributed by atoms with Crippen molar-refractivity contribution in [2.45, 2.75) is 19.8 Å². The second-order valence-corrected chi connectivity index (χ2v) is 6.32. The molecule has 0 fully saturated rings. The van der Waals surface area contributed by atoms with Gasteiger partial charge in [-0.1, -0.05) is 13.0 Å². The zero-order chi connectivity index (χ0) is 17.8. The summed E-state index contributed by atoms with van der Waals surface area (Å²) >= 11 is 0. The molecule has 0 aliphatic rings. The summed E-state index contributed by atoms with van der Waals surface area (Å²) in [6.07, 6.45) is 6.76. The molecular weight excluding hydrogens is 318 g/mol. The number of aliphatic hydroxyl groups is 1. The van der Waals surface area contributed by atoms with Gasteiger partial charge in [-0.05, 0) is 36.1 Å². The topological polar surface area (TPSA) is 80.3 Å². The smallest absolute Gasteiger partial charge is 0.255 e. The van der Waals surface area contributed by atoms with Crippen LogP contribution in [0.3, 0.4) is 0 Å². The lowest BCUT2D eigenvalue weighted by molar-refractivity contribution is 0.0940. The third-order valence-corrected chi connectivity index (χ3v) is 4.38. The van der Waals surface area contributed by atoms with Crippen LogP contribution in [0.4, 0.5) is 0 Å². The van der Waals surface area contributed by atoms with Crippen LogP contribution in [-0.4, -0.2) is 33.9 Å². The molecule has 6 nitrogen and oxygen atoms in total. The number of hydrogen-bond acceptors (Lipinski definition) is 4. The summed E-state index contributed by atoms with van der Waals surface area (Å²) in [5.41, 5.74) is 3.43. The molecule has 2 heterocycles. The van der Waals surface area contributed by atoms with Crippen molar-refractivity contribution >= 4 is 16.9 Å². The maximum absolute atomic E-state index is 12.5. The fourth-order valence-electron chi connectivity index (χ4n) is 2.92. The Labute approximate surface area is 146 Å². The number of benzene rings is 1. The number of nitrogens with one attached hydrogen (secondary N) is 1. The minimum atomic E-state index is -0.184. The zero-order valence-corrected chi connectivity index (χ0v) is 14.5. The minimum absolute atomic E-state index is 0.00128. The molecule has 6 heteroatoms. The number of nitrogens with zero attached hydrogens (tertiary/aromatic N) is 2. The number of aliphatic hydroxyl groups excluding tert-OH is 1. The lowest BCUT2D eigenvalue weighted by Crippen LogP contribution is -2.31. The first-order valence-electron chi connectivity index (χ1n) is 8.47. The molecule has 1 unspecified atom stereocenters. The van der Waals surface area contributed by atoms with Crippen LogP contribution in [-0.2, 0) is 19.9 Å². The fourth-order valence-corrected chi connectivity index (χ4v) is 2.92. The molecule has 25 heavy (non-hydrogen) atoms. The number of amides is 1. The van der Waals surface area contributed by atoms with Crippen LogP contribution in [0.1, 0.15) is 28.4 Å². The van der Waals surface area contributed by atoms with Gasteiger partial charge in [0.1, 0.15) is 11.8 Å². The van der Waals surface area contributed by atoms with E-state index in [1.807, 2.05) is 31.4 Å². The first-order chi connectivity index (χ1) is 12.1. The average Bonchev–Trinajstić information content (AvgIpc) is 3.23. The summed E-state index contributed by atoms with van der Waals surface area (Å²) in [4.78, 5) is 12.5. The van der Waals surface area contributed by atoms with E-state index in [1.165, 1.54) is 6.26 Å². The fraction of sp³-hybridized carbons (Fsp3) is 0.368. The van der Waals surface area contributed by atoms with E-state index in [0.29, 0.717) is 24.1 Å². The van der Waals surface area contributed by atoms with Crippen molar-refractivity contribution in [3.05, 3.63) is 53.5 Å². The Morgan fingerprint density at radius 1 is 1.40 bits per heavy atom. The highest BCUT2D eigenvalue weighted by Crippen LogP contribution is 2.23. The van der Waals surface area contributed by atoms with Gasteiger partial charge < -0.3 is 14.8 Å². The van der Waals surface area contributed by atoms with Gasteiger partial charge >= 0.3 is 0 Å². The molecule has 3 aromatic rings. The number of aryl methyl sites for hydroxylation is 2. The van der Waals surface area contributed by atoms with Crippen molar-refractivity contribution < 1.29 is 14.3 Å². The Kier molecular flexibility index (Phi) is 5.19. The largest absolute Gasteiger partial charge is 0.463 e. The highest BCUT2D eigenvalue weighted by Gasteiger charge is 2.16. The molecular formula is C19H23N3O3. The number of aromatic nitrogens is 2. The van der Waals surface area contributed by atoms with E-state index in [0.717, 1.165) is 22.9 Å². The first-order valence-corrected chi connectivity index (χ1v) is 8.47. The lowest BCUT2D eigenvalue weighted by Gasteiger charge is -2.14. The summed E-state index contributed by atoms with van der Waals surface area (Å²) in [7, 11) is 1.85. The van der Waals surface area contributed by atoms with Crippen LogP contribution < -0.4 is 5.32 Å². The summed E-state index contributed by atoms with van der Waals surface area (Å²) in [6, 6.07) is 5.89. The van der Waals surface area contributed by atoms with Crippen LogP contribution in [0, 0.1) is 5.92 Å². The maximum atomic E-state index is 12.5. The van der Waals surface area contributed by atoms with E-state index in [9.17, 15) is 9.90 Å². The van der Waals surface area contributed by atoms with E-state index in [4.69, 9.17) is 4.42 Å². The lowest BCUT2D eigenvalue weighted by atomic mass is 10.0. The quantitative estimate of drug-likeness (QED) is 0.691. The van der Waals surface area contributed by atoms with E-state index in [1.54, 1.807) is 10.9 Å². The number of rotatable bonds is 7. The second-order valence-electron chi connectivity index (χ2n) is 6.32. The Morgan fingerprint density at radius 3 is 2.92 bits per heavy atom. The molecule has 0 saturated heterocycles. The van der Waals surface area contributed by atoms with Gasteiger partial charge in [0.15, 0.2) is 0 Å². The molecule has 0 spiro atoms. The van der Waals surface area contributed by atoms with Gasteiger partial charge in [0, 0.05) is 37.7 Å². The molecule has 1 aromatic carbocycles. The number of carbonyl (C=O) groups is 1. The molecule has 2 aromatic heterocycles. The van der Waals surface area contributed by atoms with Gasteiger partial charge in [0.25, 0.3) is 5.91 Å². The van der Waals surface area contributed by atoms with Crippen LogP contribution >= 0.6 is 0 Å². The summed E-state index contributed by atoms with van der Waals surface area (Å²) < 4.78 is 7.21. The van der Waals surface area contributed by atoms with Crippen LogP contribution in [0.15, 0.2) is 41.3 Å². The monoisotopic (exact) mass is 341 g/mol. The molecule has 132 valence electrons. The van der Waals surface area contributed by atoms with Crippen molar-refractivity contribution in [1.82, 2.24) is 15.1 Å².